The number of hydrogen-bond donors (Lipinski definition) is 1. The van der Waals surface area contributed by atoms with Gasteiger partial charge in [-0.25, -0.2) is 9.97 Å². The topological polar surface area (TPSA) is 78.8 Å². The monoisotopic (exact) mass is 362 g/mol. The molecule has 1 N–H and O–H groups in total. The molecular weight excluding hydrogens is 344 g/mol. The number of ether oxygens (including phenoxy) is 1. The highest BCUT2D eigenvalue weighted by Gasteiger charge is 2.33. The van der Waals surface area contributed by atoms with Crippen molar-refractivity contribution in [3.63, 3.8) is 0 Å². The Kier molecular flexibility index (Phi) is 5.35. The van der Waals surface area contributed by atoms with Crippen LogP contribution < -0.4 is 9.64 Å². The van der Waals surface area contributed by atoms with Gasteiger partial charge >= 0.3 is 5.97 Å². The van der Waals surface area contributed by atoms with Gasteiger partial charge in [0.1, 0.15) is 11.8 Å². The third-order valence-corrected chi connectivity index (χ3v) is 4.47. The van der Waals surface area contributed by atoms with Gasteiger partial charge in [0, 0.05) is 49.2 Å². The van der Waals surface area contributed by atoms with Crippen LogP contribution in [0.25, 0.3) is 0 Å². The molecule has 0 aliphatic carbocycles. The van der Waals surface area contributed by atoms with E-state index in [4.69, 9.17) is 16.3 Å². The number of aliphatic carboxylic acids is 1. The van der Waals surface area contributed by atoms with E-state index in [-0.39, 0.29) is 0 Å². The Morgan fingerprint density at radius 1 is 1.24 bits per heavy atom. The molecule has 1 saturated heterocycles. The zero-order chi connectivity index (χ0) is 17.8. The maximum absolute atomic E-state index is 12.0. The summed E-state index contributed by atoms with van der Waals surface area (Å²) in [6, 6.07) is 6.00. The van der Waals surface area contributed by atoms with Crippen LogP contribution in [-0.4, -0.2) is 59.2 Å². The summed E-state index contributed by atoms with van der Waals surface area (Å²) in [5.41, 5.74) is 0.562. The number of halogens is 1. The Hall–Kier alpha value is -2.38. The van der Waals surface area contributed by atoms with Crippen molar-refractivity contribution in [2.75, 3.05) is 38.2 Å². The third kappa shape index (κ3) is 3.83. The van der Waals surface area contributed by atoms with Crippen molar-refractivity contribution < 1.29 is 14.6 Å². The van der Waals surface area contributed by atoms with E-state index in [9.17, 15) is 9.90 Å². The maximum Gasteiger partial charge on any atom is 0.325 e. The molecule has 25 heavy (non-hydrogen) atoms. The van der Waals surface area contributed by atoms with Crippen molar-refractivity contribution in [1.29, 1.82) is 0 Å². The summed E-state index contributed by atoms with van der Waals surface area (Å²) >= 11 is 6.07. The van der Waals surface area contributed by atoms with Gasteiger partial charge in [-0.15, -0.1) is 0 Å². The maximum atomic E-state index is 12.0. The molecule has 1 unspecified atom stereocenters. The van der Waals surface area contributed by atoms with Crippen LogP contribution in [0.1, 0.15) is 11.6 Å². The van der Waals surface area contributed by atoms with E-state index in [1.54, 1.807) is 36.7 Å². The third-order valence-electron chi connectivity index (χ3n) is 4.23. The average Bonchev–Trinajstić information content (AvgIpc) is 2.63. The molecular formula is C17H19ClN4O3. The fourth-order valence-corrected chi connectivity index (χ4v) is 3.22. The van der Waals surface area contributed by atoms with Crippen LogP contribution in [0.15, 0.2) is 36.7 Å². The number of anilines is 1. The van der Waals surface area contributed by atoms with Crippen LogP contribution in [0.3, 0.4) is 0 Å². The summed E-state index contributed by atoms with van der Waals surface area (Å²) in [5.74, 6) is 0.255. The van der Waals surface area contributed by atoms with Gasteiger partial charge in [-0.05, 0) is 24.3 Å². The zero-order valence-electron chi connectivity index (χ0n) is 13.8. The standard InChI is InChI=1S/C17H19ClN4O3/c1-25-14-4-3-12(18)11-13(14)15(16(23)24)21-7-9-22(10-8-21)17-19-5-2-6-20-17/h2-6,11,15H,7-10H2,1H3,(H,23,24). The van der Waals surface area contributed by atoms with Crippen molar-refractivity contribution in [2.24, 2.45) is 0 Å². The Morgan fingerprint density at radius 3 is 2.52 bits per heavy atom. The van der Waals surface area contributed by atoms with Gasteiger partial charge in [-0.2, -0.15) is 0 Å². The van der Waals surface area contributed by atoms with Crippen molar-refractivity contribution >= 4 is 23.5 Å². The van der Waals surface area contributed by atoms with Crippen molar-refractivity contribution in [2.45, 2.75) is 6.04 Å². The van der Waals surface area contributed by atoms with Crippen LogP contribution in [0.2, 0.25) is 5.02 Å². The highest BCUT2D eigenvalue weighted by Crippen LogP contribution is 2.33. The highest BCUT2D eigenvalue weighted by molar-refractivity contribution is 6.30. The normalized spacial score (nSPS) is 16.5. The van der Waals surface area contributed by atoms with Crippen molar-refractivity contribution in [1.82, 2.24) is 14.9 Å². The van der Waals surface area contributed by atoms with Crippen LogP contribution in [-0.2, 0) is 4.79 Å². The predicted octanol–water partition coefficient (Wildman–Crippen LogP) is 2.09. The number of aromatic nitrogens is 2. The molecule has 1 atom stereocenters. The first-order chi connectivity index (χ1) is 12.1. The van der Waals surface area contributed by atoms with Gasteiger partial charge < -0.3 is 14.7 Å². The van der Waals surface area contributed by atoms with E-state index in [1.807, 2.05) is 9.80 Å². The molecule has 8 heteroatoms. The highest BCUT2D eigenvalue weighted by atomic mass is 35.5. The summed E-state index contributed by atoms with van der Waals surface area (Å²) in [5, 5.41) is 10.3. The molecule has 0 radical (unpaired) electrons. The van der Waals surface area contributed by atoms with E-state index in [0.717, 1.165) is 0 Å². The molecule has 2 aromatic rings. The molecule has 2 heterocycles. The smallest absolute Gasteiger partial charge is 0.325 e. The first-order valence-corrected chi connectivity index (χ1v) is 8.30. The Balaban J connectivity index is 1.80. The average molecular weight is 363 g/mol. The number of nitrogens with zero attached hydrogens (tertiary/aromatic N) is 4. The number of benzene rings is 1. The van der Waals surface area contributed by atoms with Crippen LogP contribution in [0, 0.1) is 0 Å². The second-order valence-corrected chi connectivity index (χ2v) is 6.14. The second-order valence-electron chi connectivity index (χ2n) is 5.70. The summed E-state index contributed by atoms with van der Waals surface area (Å²) < 4.78 is 5.33. The summed E-state index contributed by atoms with van der Waals surface area (Å²) in [4.78, 5) is 24.4. The molecule has 1 fully saturated rings. The van der Waals surface area contributed by atoms with Gasteiger partial charge in [-0.3, -0.25) is 9.69 Å². The summed E-state index contributed by atoms with van der Waals surface area (Å²) in [6.45, 7) is 2.45. The number of carbonyl (C=O) groups is 1. The van der Waals surface area contributed by atoms with Crippen molar-refractivity contribution in [3.05, 3.63) is 47.2 Å². The largest absolute Gasteiger partial charge is 0.496 e. The van der Waals surface area contributed by atoms with E-state index in [0.29, 0.717) is 48.5 Å². The lowest BCUT2D eigenvalue weighted by Crippen LogP contribution is -2.49. The minimum Gasteiger partial charge on any atom is -0.496 e. The second kappa shape index (κ2) is 7.67. The first-order valence-electron chi connectivity index (χ1n) is 7.92. The number of piperazine rings is 1. The quantitative estimate of drug-likeness (QED) is 0.872. The van der Waals surface area contributed by atoms with E-state index in [2.05, 4.69) is 9.97 Å². The molecule has 1 aliphatic heterocycles. The molecule has 0 bridgehead atoms. The van der Waals surface area contributed by atoms with Gasteiger partial charge in [0.05, 0.1) is 7.11 Å². The van der Waals surface area contributed by atoms with E-state index in [1.165, 1.54) is 7.11 Å². The lowest BCUT2D eigenvalue weighted by Gasteiger charge is -2.38. The Labute approximate surface area is 150 Å². The summed E-state index contributed by atoms with van der Waals surface area (Å²) in [6.07, 6.45) is 3.40. The molecule has 0 spiro atoms. The number of carboxylic acids is 1. The Morgan fingerprint density at radius 2 is 1.92 bits per heavy atom. The predicted molar refractivity (Wildman–Crippen MR) is 94.2 cm³/mol. The molecule has 3 rings (SSSR count). The van der Waals surface area contributed by atoms with Crippen LogP contribution >= 0.6 is 11.6 Å². The van der Waals surface area contributed by atoms with Crippen LogP contribution in [0.4, 0.5) is 5.95 Å². The molecule has 1 aromatic carbocycles. The van der Waals surface area contributed by atoms with Crippen LogP contribution in [0.5, 0.6) is 5.75 Å². The molecule has 0 amide bonds. The van der Waals surface area contributed by atoms with E-state index < -0.39 is 12.0 Å². The van der Waals surface area contributed by atoms with Crippen molar-refractivity contribution in [3.8, 4) is 5.75 Å². The summed E-state index contributed by atoms with van der Waals surface area (Å²) in [7, 11) is 1.52. The molecule has 0 saturated carbocycles. The number of rotatable bonds is 5. The van der Waals surface area contributed by atoms with E-state index >= 15 is 0 Å². The Bertz CT molecular complexity index is 736. The molecule has 7 nitrogen and oxygen atoms in total. The lowest BCUT2D eigenvalue weighted by atomic mass is 10.0. The lowest BCUT2D eigenvalue weighted by molar-refractivity contribution is -0.143. The number of hydrogen-bond acceptors (Lipinski definition) is 6. The fraction of sp³-hybridized carbons (Fsp3) is 0.353. The SMILES string of the molecule is COc1ccc(Cl)cc1C(C(=O)O)N1CCN(c2ncccn2)CC1. The van der Waals surface area contributed by atoms with Gasteiger partial charge in [0.25, 0.3) is 0 Å². The number of methoxy groups -OCH3 is 1. The van der Waals surface area contributed by atoms with Gasteiger partial charge in [-0.1, -0.05) is 11.6 Å². The molecule has 1 aliphatic rings. The minimum absolute atomic E-state index is 0.485. The molecule has 132 valence electrons. The fourth-order valence-electron chi connectivity index (χ4n) is 3.04. The zero-order valence-corrected chi connectivity index (χ0v) is 14.6. The number of carboxylic acid groups (broad SMARTS) is 1. The van der Waals surface area contributed by atoms with Gasteiger partial charge in [0.2, 0.25) is 5.95 Å². The first kappa shape index (κ1) is 17.4. The van der Waals surface area contributed by atoms with Gasteiger partial charge in [0.15, 0.2) is 0 Å². The molecule has 1 aromatic heterocycles. The minimum atomic E-state index is -0.926.